The van der Waals surface area contributed by atoms with E-state index in [0.717, 1.165) is 22.7 Å². The SMILES string of the molecule is CNC(=O)c1c(-c2ccc(F)cc2F)oc2cc(N(C)S(C)(=O)=O)c(-c3ccc4nc(CN5CCC(F)(C#N)CC5)n5c6cccc(F)c6cc5c4n3)cc12. The number of benzene rings is 3. The molecule has 0 atom stereocenters. The van der Waals surface area contributed by atoms with Crippen LogP contribution < -0.4 is 9.62 Å². The van der Waals surface area contributed by atoms with Crippen molar-refractivity contribution in [2.45, 2.75) is 25.1 Å². The summed E-state index contributed by atoms with van der Waals surface area (Å²) in [5.74, 6) is -2.57. The van der Waals surface area contributed by atoms with Crippen LogP contribution in [0.25, 0.3) is 61.0 Å². The highest BCUT2D eigenvalue weighted by Crippen LogP contribution is 2.42. The number of hydrogen-bond acceptors (Lipinski definition) is 8. The second-order valence-corrected chi connectivity index (χ2v) is 15.6. The Hall–Kier alpha value is -6.05. The average molecular weight is 770 g/mol. The largest absolute Gasteiger partial charge is 0.455 e. The van der Waals surface area contributed by atoms with Crippen molar-refractivity contribution in [1.29, 1.82) is 5.26 Å². The zero-order valence-corrected chi connectivity index (χ0v) is 30.4. The molecule has 4 aromatic heterocycles. The molecule has 5 heterocycles. The lowest BCUT2D eigenvalue weighted by Gasteiger charge is -2.32. The third-order valence-corrected chi connectivity index (χ3v) is 11.4. The molecule has 1 aliphatic rings. The second kappa shape index (κ2) is 13.1. The first-order valence-electron chi connectivity index (χ1n) is 17.1. The topological polar surface area (TPSA) is 137 Å². The number of furan rings is 1. The first-order chi connectivity index (χ1) is 26.2. The molecule has 1 fully saturated rings. The Morgan fingerprint density at radius 1 is 0.982 bits per heavy atom. The number of amides is 1. The summed E-state index contributed by atoms with van der Waals surface area (Å²) >= 11 is 0. The van der Waals surface area contributed by atoms with Gasteiger partial charge in [-0.1, -0.05) is 6.07 Å². The number of rotatable bonds is 7. The fourth-order valence-corrected chi connectivity index (χ4v) is 7.70. The summed E-state index contributed by atoms with van der Waals surface area (Å²) in [5.41, 5.74) is 0.331. The Kier molecular flexibility index (Phi) is 8.54. The maximum absolute atomic E-state index is 15.3. The van der Waals surface area contributed by atoms with Crippen LogP contribution in [-0.4, -0.2) is 72.7 Å². The summed E-state index contributed by atoms with van der Waals surface area (Å²) < 4.78 is 93.8. The third kappa shape index (κ3) is 6.09. The highest BCUT2D eigenvalue weighted by molar-refractivity contribution is 7.92. The summed E-state index contributed by atoms with van der Waals surface area (Å²) in [6.07, 6.45) is 1.09. The van der Waals surface area contributed by atoms with Gasteiger partial charge in [-0.25, -0.2) is 35.9 Å². The summed E-state index contributed by atoms with van der Waals surface area (Å²) in [6, 6.07) is 17.2. The number of carbonyl (C=O) groups is 1. The van der Waals surface area contributed by atoms with Crippen molar-refractivity contribution in [3.05, 3.63) is 95.6 Å². The quantitative estimate of drug-likeness (QED) is 0.169. The van der Waals surface area contributed by atoms with E-state index in [-0.39, 0.29) is 64.2 Å². The molecule has 0 aliphatic carbocycles. The van der Waals surface area contributed by atoms with Gasteiger partial charge in [0.05, 0.1) is 51.9 Å². The number of anilines is 1. The number of piperidine rings is 1. The summed E-state index contributed by atoms with van der Waals surface area (Å²) in [6.45, 7) is 0.906. The lowest BCUT2D eigenvalue weighted by atomic mass is 9.95. The summed E-state index contributed by atoms with van der Waals surface area (Å²) in [5, 5.41) is 12.3. The smallest absolute Gasteiger partial charge is 0.255 e. The lowest BCUT2D eigenvalue weighted by Crippen LogP contribution is -2.40. The molecule has 8 rings (SSSR count). The molecule has 0 bridgehead atoms. The van der Waals surface area contributed by atoms with Crippen LogP contribution in [0.5, 0.6) is 0 Å². The van der Waals surface area contributed by atoms with Gasteiger partial charge in [0.1, 0.15) is 40.4 Å². The number of halogens is 4. The lowest BCUT2D eigenvalue weighted by molar-refractivity contribution is 0.0962. The number of nitrogens with one attached hydrogen (secondary N) is 1. The number of carbonyl (C=O) groups excluding carboxylic acids is 1. The van der Waals surface area contributed by atoms with Crippen molar-refractivity contribution in [3.63, 3.8) is 0 Å². The third-order valence-electron chi connectivity index (χ3n) is 10.2. The molecule has 0 radical (unpaired) electrons. The maximum atomic E-state index is 15.3. The number of likely N-dealkylation sites (tertiary alicyclic amines) is 1. The highest BCUT2D eigenvalue weighted by Gasteiger charge is 2.35. The van der Waals surface area contributed by atoms with Gasteiger partial charge in [-0.3, -0.25) is 18.4 Å². The molecular weight excluding hydrogens is 739 g/mol. The highest BCUT2D eigenvalue weighted by atomic mass is 32.2. The minimum Gasteiger partial charge on any atom is -0.455 e. The van der Waals surface area contributed by atoms with E-state index in [2.05, 4.69) is 5.32 Å². The number of aromatic nitrogens is 3. The van der Waals surface area contributed by atoms with Crippen LogP contribution in [0.2, 0.25) is 0 Å². The number of pyridine rings is 1. The monoisotopic (exact) mass is 769 g/mol. The molecule has 1 amide bonds. The molecule has 16 heteroatoms. The van der Waals surface area contributed by atoms with E-state index in [4.69, 9.17) is 14.4 Å². The van der Waals surface area contributed by atoms with E-state index in [1.54, 1.807) is 40.8 Å². The molecule has 1 N–H and O–H groups in total. The van der Waals surface area contributed by atoms with E-state index in [1.807, 2.05) is 4.90 Å². The van der Waals surface area contributed by atoms with Gasteiger partial charge in [0.2, 0.25) is 10.0 Å². The maximum Gasteiger partial charge on any atom is 0.255 e. The first kappa shape index (κ1) is 36.0. The van der Waals surface area contributed by atoms with Crippen LogP contribution in [0.1, 0.15) is 29.0 Å². The van der Waals surface area contributed by atoms with Gasteiger partial charge < -0.3 is 9.73 Å². The van der Waals surface area contributed by atoms with Crippen LogP contribution in [0, 0.1) is 28.8 Å². The van der Waals surface area contributed by atoms with Crippen LogP contribution in [0.4, 0.5) is 23.2 Å². The number of sulfonamides is 1. The standard InChI is InChI=1S/C39H31F4N7O4S/c1-45-38(51)35-25-16-24(31(48(2)55(3,52)53)18-33(25)54-37(35)22-8-7-21(40)15-27(22)42)28-9-10-29-36(47-28)32-17-23-26(41)5-4-6-30(23)50(32)34(46-29)19-49-13-11-39(43,20-44)12-14-49/h4-10,15-18H,11-14,19H2,1-3H3,(H,45,51). The zero-order chi connectivity index (χ0) is 39.0. The van der Waals surface area contributed by atoms with Gasteiger partial charge in [0.25, 0.3) is 5.91 Å². The van der Waals surface area contributed by atoms with Crippen LogP contribution in [-0.2, 0) is 16.6 Å². The molecule has 1 saturated heterocycles. The predicted molar refractivity (Wildman–Crippen MR) is 199 cm³/mol. The van der Waals surface area contributed by atoms with Crippen molar-refractivity contribution in [3.8, 4) is 28.7 Å². The number of alkyl halides is 1. The van der Waals surface area contributed by atoms with Crippen LogP contribution >= 0.6 is 0 Å². The Morgan fingerprint density at radius 3 is 2.44 bits per heavy atom. The van der Waals surface area contributed by atoms with Crippen LogP contribution in [0.15, 0.2) is 71.1 Å². The van der Waals surface area contributed by atoms with E-state index in [1.165, 1.54) is 32.3 Å². The van der Waals surface area contributed by atoms with Gasteiger partial charge in [0.15, 0.2) is 11.4 Å². The number of nitriles is 1. The Morgan fingerprint density at radius 2 is 1.75 bits per heavy atom. The van der Waals surface area contributed by atoms with Gasteiger partial charge in [-0.2, -0.15) is 5.26 Å². The fourth-order valence-electron chi connectivity index (χ4n) is 7.19. The number of nitrogens with zero attached hydrogens (tertiary/aromatic N) is 6. The Bertz CT molecular complexity index is 2900. The molecule has 11 nitrogen and oxygen atoms in total. The Labute approximate surface area is 311 Å². The van der Waals surface area contributed by atoms with Gasteiger partial charge in [-0.15, -0.1) is 0 Å². The van der Waals surface area contributed by atoms with Gasteiger partial charge in [-0.05, 0) is 48.5 Å². The Balaban J connectivity index is 1.36. The molecule has 0 unspecified atom stereocenters. The molecule has 55 heavy (non-hydrogen) atoms. The second-order valence-electron chi connectivity index (χ2n) is 13.6. The minimum absolute atomic E-state index is 0.0411. The average Bonchev–Trinajstić information content (AvgIpc) is 3.74. The molecule has 7 aromatic rings. The number of hydrogen-bond donors (Lipinski definition) is 1. The minimum atomic E-state index is -3.89. The van der Waals surface area contributed by atoms with Crippen LogP contribution in [0.3, 0.4) is 0 Å². The normalized spacial score (nSPS) is 14.9. The van der Waals surface area contributed by atoms with E-state index in [0.29, 0.717) is 52.4 Å². The van der Waals surface area contributed by atoms with Crippen molar-refractivity contribution in [2.75, 3.05) is 37.7 Å². The van der Waals surface area contributed by atoms with E-state index in [9.17, 15) is 27.3 Å². The molecule has 0 spiro atoms. The van der Waals surface area contributed by atoms with E-state index >= 15 is 8.78 Å². The summed E-state index contributed by atoms with van der Waals surface area (Å²) in [4.78, 5) is 25.3. The molecule has 1 aliphatic heterocycles. The molecule has 3 aromatic carbocycles. The zero-order valence-electron chi connectivity index (χ0n) is 29.6. The molecule has 0 saturated carbocycles. The van der Waals surface area contributed by atoms with E-state index < -0.39 is 39.1 Å². The van der Waals surface area contributed by atoms with Crippen molar-refractivity contribution in [2.24, 2.45) is 0 Å². The predicted octanol–water partition coefficient (Wildman–Crippen LogP) is 7.12. The van der Waals surface area contributed by atoms with Crippen molar-refractivity contribution >= 4 is 60.0 Å². The van der Waals surface area contributed by atoms with Gasteiger partial charge in [0, 0.05) is 68.5 Å². The molecular formula is C39H31F4N7O4S. The summed E-state index contributed by atoms with van der Waals surface area (Å²) in [7, 11) is -1.17. The molecule has 280 valence electrons. The number of fused-ring (bicyclic) bond motifs is 6. The fraction of sp³-hybridized carbons (Fsp3) is 0.231. The first-order valence-corrected chi connectivity index (χ1v) is 19.0. The van der Waals surface area contributed by atoms with Crippen molar-refractivity contribution < 1.29 is 35.2 Å². The van der Waals surface area contributed by atoms with Gasteiger partial charge >= 0.3 is 0 Å². The van der Waals surface area contributed by atoms with Crippen molar-refractivity contribution in [1.82, 2.24) is 24.6 Å².